The summed E-state index contributed by atoms with van der Waals surface area (Å²) in [7, 11) is 0. The van der Waals surface area contributed by atoms with Crippen molar-refractivity contribution in [2.24, 2.45) is 5.84 Å². The minimum Gasteiger partial charge on any atom is -0.271 e. The summed E-state index contributed by atoms with van der Waals surface area (Å²) in [5.74, 6) is 6.92. The average molecular weight is 304 g/mol. The van der Waals surface area contributed by atoms with E-state index in [0.29, 0.717) is 16.5 Å². The molecule has 1 fully saturated rings. The molecule has 2 rings (SSSR count). The minimum absolute atomic E-state index is 0.322. The van der Waals surface area contributed by atoms with Gasteiger partial charge in [-0.3, -0.25) is 11.3 Å². The second-order valence-electron chi connectivity index (χ2n) is 4.78. The molecule has 1 saturated heterocycles. The molecule has 1 aromatic heterocycles. The number of hydrazine groups is 1. The summed E-state index contributed by atoms with van der Waals surface area (Å²) < 4.78 is 0. The Morgan fingerprint density at radius 3 is 2.83 bits per heavy atom. The average Bonchev–Trinajstić information content (AvgIpc) is 2.75. The highest BCUT2D eigenvalue weighted by molar-refractivity contribution is 8.07. The second kappa shape index (κ2) is 6.61. The van der Waals surface area contributed by atoms with Gasteiger partial charge in [0.1, 0.15) is 0 Å². The Bertz CT molecular complexity index is 382. The molecule has 0 bridgehead atoms. The molecule has 0 aromatic carbocycles. The molecule has 0 amide bonds. The molecule has 2 heterocycles. The van der Waals surface area contributed by atoms with Gasteiger partial charge in [-0.15, -0.1) is 11.3 Å². The maximum atomic E-state index is 5.74. The van der Waals surface area contributed by atoms with E-state index in [2.05, 4.69) is 53.2 Å². The predicted molar refractivity (Wildman–Crippen MR) is 84.4 cm³/mol. The van der Waals surface area contributed by atoms with Gasteiger partial charge in [0.25, 0.3) is 0 Å². The van der Waals surface area contributed by atoms with Crippen molar-refractivity contribution >= 4 is 34.9 Å². The van der Waals surface area contributed by atoms with Gasteiger partial charge in [-0.2, -0.15) is 23.5 Å². The highest BCUT2D eigenvalue weighted by atomic mass is 32.2. The Kier molecular flexibility index (Phi) is 5.38. The van der Waals surface area contributed by atoms with Crippen LogP contribution in [0, 0.1) is 6.92 Å². The van der Waals surface area contributed by atoms with Crippen LogP contribution in [-0.4, -0.2) is 32.5 Å². The number of hydrogen-bond donors (Lipinski definition) is 2. The summed E-state index contributed by atoms with van der Waals surface area (Å²) in [6, 6.07) is 0.322. The van der Waals surface area contributed by atoms with Gasteiger partial charge in [-0.1, -0.05) is 13.8 Å². The lowest BCUT2D eigenvalue weighted by atomic mass is 10.1. The molecule has 1 aliphatic heterocycles. The fraction of sp³-hybridized carbons (Fsp3) is 0.750. The SMILES string of the molecule is Cc1csc(CC(NN)C2CSC(C)C(C)S2)n1. The van der Waals surface area contributed by atoms with Gasteiger partial charge in [0.05, 0.1) is 5.01 Å². The maximum Gasteiger partial charge on any atom is 0.0944 e. The van der Waals surface area contributed by atoms with Crippen molar-refractivity contribution in [2.45, 2.75) is 49.0 Å². The molecule has 102 valence electrons. The molecule has 18 heavy (non-hydrogen) atoms. The monoisotopic (exact) mass is 303 g/mol. The fourth-order valence-electron chi connectivity index (χ4n) is 2.00. The third-order valence-electron chi connectivity index (χ3n) is 3.30. The van der Waals surface area contributed by atoms with Crippen LogP contribution in [0.15, 0.2) is 5.38 Å². The summed E-state index contributed by atoms with van der Waals surface area (Å²) in [6.45, 7) is 6.67. The first-order valence-electron chi connectivity index (χ1n) is 6.24. The fourth-order valence-corrected chi connectivity index (χ4v) is 5.94. The van der Waals surface area contributed by atoms with E-state index < -0.39 is 0 Å². The van der Waals surface area contributed by atoms with Crippen molar-refractivity contribution in [1.82, 2.24) is 10.4 Å². The van der Waals surface area contributed by atoms with E-state index in [-0.39, 0.29) is 0 Å². The lowest BCUT2D eigenvalue weighted by molar-refractivity contribution is 0.520. The Morgan fingerprint density at radius 1 is 1.50 bits per heavy atom. The quantitative estimate of drug-likeness (QED) is 0.661. The zero-order valence-corrected chi connectivity index (χ0v) is 13.5. The third-order valence-corrected chi connectivity index (χ3v) is 7.84. The number of nitrogens with one attached hydrogen (secondary N) is 1. The van der Waals surface area contributed by atoms with E-state index in [9.17, 15) is 0 Å². The Balaban J connectivity index is 1.96. The van der Waals surface area contributed by atoms with Crippen LogP contribution in [0.4, 0.5) is 0 Å². The number of aryl methyl sites for hydroxylation is 1. The summed E-state index contributed by atoms with van der Waals surface area (Å²) in [4.78, 5) is 4.53. The number of hydrogen-bond acceptors (Lipinski definition) is 6. The first-order chi connectivity index (χ1) is 8.60. The second-order valence-corrected chi connectivity index (χ2v) is 8.75. The molecule has 3 N–H and O–H groups in total. The van der Waals surface area contributed by atoms with Gasteiger partial charge in [0, 0.05) is 45.0 Å². The van der Waals surface area contributed by atoms with E-state index in [4.69, 9.17) is 5.84 Å². The van der Waals surface area contributed by atoms with Crippen LogP contribution < -0.4 is 11.3 Å². The van der Waals surface area contributed by atoms with Gasteiger partial charge in [-0.25, -0.2) is 4.98 Å². The van der Waals surface area contributed by atoms with Crippen LogP contribution in [-0.2, 0) is 6.42 Å². The molecular weight excluding hydrogens is 282 g/mol. The Hall–Kier alpha value is 0.250. The first-order valence-corrected chi connectivity index (χ1v) is 9.11. The minimum atomic E-state index is 0.322. The van der Waals surface area contributed by atoms with Gasteiger partial charge < -0.3 is 0 Å². The number of thiazole rings is 1. The van der Waals surface area contributed by atoms with Crippen LogP contribution in [0.25, 0.3) is 0 Å². The smallest absolute Gasteiger partial charge is 0.0944 e. The van der Waals surface area contributed by atoms with Crippen LogP contribution in [0.3, 0.4) is 0 Å². The third kappa shape index (κ3) is 3.63. The zero-order valence-electron chi connectivity index (χ0n) is 11.1. The van der Waals surface area contributed by atoms with E-state index in [1.54, 1.807) is 11.3 Å². The largest absolute Gasteiger partial charge is 0.271 e. The molecule has 0 aliphatic carbocycles. The Labute approximate surface area is 122 Å². The molecule has 6 heteroatoms. The van der Waals surface area contributed by atoms with Crippen LogP contribution >= 0.6 is 34.9 Å². The van der Waals surface area contributed by atoms with Crippen molar-refractivity contribution in [3.63, 3.8) is 0 Å². The maximum absolute atomic E-state index is 5.74. The summed E-state index contributed by atoms with van der Waals surface area (Å²) in [6.07, 6.45) is 0.939. The van der Waals surface area contributed by atoms with Crippen molar-refractivity contribution < 1.29 is 0 Å². The zero-order chi connectivity index (χ0) is 13.1. The van der Waals surface area contributed by atoms with Gasteiger partial charge in [0.2, 0.25) is 0 Å². The van der Waals surface area contributed by atoms with E-state index in [1.165, 1.54) is 10.8 Å². The number of thioether (sulfide) groups is 2. The number of nitrogens with zero attached hydrogens (tertiary/aromatic N) is 1. The standard InChI is InChI=1S/C12H21N3S3/c1-7-5-17-12(14-7)4-10(15-13)11-6-16-8(2)9(3)18-11/h5,8-11,15H,4,6,13H2,1-3H3. The first kappa shape index (κ1) is 14.7. The molecule has 4 unspecified atom stereocenters. The van der Waals surface area contributed by atoms with Crippen molar-refractivity contribution in [3.05, 3.63) is 16.1 Å². The van der Waals surface area contributed by atoms with Gasteiger partial charge in [-0.05, 0) is 6.92 Å². The summed E-state index contributed by atoms with van der Waals surface area (Å²) in [5.41, 5.74) is 4.11. The highest BCUT2D eigenvalue weighted by Gasteiger charge is 2.31. The van der Waals surface area contributed by atoms with Crippen molar-refractivity contribution in [2.75, 3.05) is 5.75 Å². The summed E-state index contributed by atoms with van der Waals surface area (Å²) >= 11 is 5.86. The Morgan fingerprint density at radius 2 is 2.28 bits per heavy atom. The molecule has 3 nitrogen and oxygen atoms in total. The highest BCUT2D eigenvalue weighted by Crippen LogP contribution is 2.37. The van der Waals surface area contributed by atoms with E-state index >= 15 is 0 Å². The summed E-state index contributed by atoms with van der Waals surface area (Å²) in [5, 5.41) is 5.31. The molecule has 4 atom stereocenters. The molecule has 0 saturated carbocycles. The lowest BCUT2D eigenvalue weighted by Gasteiger charge is -2.35. The number of rotatable bonds is 4. The predicted octanol–water partition coefficient (Wildman–Crippen LogP) is 2.45. The molecule has 0 spiro atoms. The van der Waals surface area contributed by atoms with Crippen molar-refractivity contribution in [1.29, 1.82) is 0 Å². The molecule has 1 aliphatic rings. The normalized spacial score (nSPS) is 30.3. The molecule has 1 aromatic rings. The lowest BCUT2D eigenvalue weighted by Crippen LogP contribution is -2.47. The van der Waals surface area contributed by atoms with Crippen LogP contribution in [0.5, 0.6) is 0 Å². The van der Waals surface area contributed by atoms with Crippen LogP contribution in [0.2, 0.25) is 0 Å². The van der Waals surface area contributed by atoms with E-state index in [1.807, 2.05) is 6.92 Å². The van der Waals surface area contributed by atoms with E-state index in [0.717, 1.165) is 17.4 Å². The topological polar surface area (TPSA) is 50.9 Å². The number of aromatic nitrogens is 1. The molecule has 0 radical (unpaired) electrons. The van der Waals surface area contributed by atoms with Gasteiger partial charge >= 0.3 is 0 Å². The molecular formula is C12H21N3S3. The van der Waals surface area contributed by atoms with Gasteiger partial charge in [0.15, 0.2) is 0 Å². The number of nitrogens with two attached hydrogens (primary N) is 1. The van der Waals surface area contributed by atoms with Crippen LogP contribution in [0.1, 0.15) is 24.5 Å². The van der Waals surface area contributed by atoms with Crippen molar-refractivity contribution in [3.8, 4) is 0 Å².